The summed E-state index contributed by atoms with van der Waals surface area (Å²) in [6.45, 7) is 2.66. The second kappa shape index (κ2) is 10.1. The van der Waals surface area contributed by atoms with Gasteiger partial charge in [-0.2, -0.15) is 17.6 Å². The van der Waals surface area contributed by atoms with Crippen molar-refractivity contribution in [2.24, 2.45) is 5.92 Å². The molecule has 4 rings (SSSR count). The summed E-state index contributed by atoms with van der Waals surface area (Å²) < 4.78 is 81.1. The van der Waals surface area contributed by atoms with E-state index >= 15 is 0 Å². The highest BCUT2D eigenvalue weighted by molar-refractivity contribution is 5.95. The number of rotatable bonds is 6. The molecule has 2 aliphatic rings. The SMILES string of the molecule is COc1c([C@H]2[C@H](C(=O)Nc3ccnc(N4CCC[C@@H]4CO)c3)O[C@@](C)(C(F)(F)F)[C@H]2C)ccc(F)c1F. The predicted octanol–water partition coefficient (Wildman–Crippen LogP) is 4.41. The van der Waals surface area contributed by atoms with Crippen molar-refractivity contribution in [3.8, 4) is 5.75 Å². The number of aromatic nitrogens is 1. The highest BCUT2D eigenvalue weighted by atomic mass is 19.4. The molecule has 202 valence electrons. The van der Waals surface area contributed by atoms with Gasteiger partial charge < -0.3 is 24.8 Å². The molecule has 12 heteroatoms. The number of carbonyl (C=O) groups is 1. The van der Waals surface area contributed by atoms with Gasteiger partial charge in [0, 0.05) is 41.9 Å². The lowest BCUT2D eigenvalue weighted by Crippen LogP contribution is -2.47. The van der Waals surface area contributed by atoms with E-state index in [-0.39, 0.29) is 23.9 Å². The maximum absolute atomic E-state index is 14.5. The molecule has 2 N–H and O–H groups in total. The minimum Gasteiger partial charge on any atom is -0.493 e. The molecule has 1 aromatic carbocycles. The number of hydrogen-bond acceptors (Lipinski definition) is 6. The molecule has 0 spiro atoms. The van der Waals surface area contributed by atoms with Crippen LogP contribution in [0.4, 0.5) is 33.5 Å². The van der Waals surface area contributed by atoms with Gasteiger partial charge in [-0.3, -0.25) is 4.79 Å². The number of ether oxygens (including phenoxy) is 2. The first-order valence-corrected chi connectivity index (χ1v) is 11.8. The van der Waals surface area contributed by atoms with Crippen LogP contribution >= 0.6 is 0 Å². The third kappa shape index (κ3) is 4.72. The van der Waals surface area contributed by atoms with E-state index in [2.05, 4.69) is 10.3 Å². The van der Waals surface area contributed by atoms with Crippen LogP contribution in [0, 0.1) is 17.6 Å². The number of alkyl halides is 3. The van der Waals surface area contributed by atoms with Gasteiger partial charge in [0.25, 0.3) is 5.91 Å². The highest BCUT2D eigenvalue weighted by Gasteiger charge is 2.65. The van der Waals surface area contributed by atoms with E-state index in [4.69, 9.17) is 9.47 Å². The average Bonchev–Trinajstić information content (AvgIpc) is 3.44. The van der Waals surface area contributed by atoms with Crippen molar-refractivity contribution in [1.82, 2.24) is 4.98 Å². The van der Waals surface area contributed by atoms with E-state index < -0.39 is 53.0 Å². The lowest BCUT2D eigenvalue weighted by atomic mass is 9.77. The second-order valence-electron chi connectivity index (χ2n) is 9.51. The third-order valence-electron chi connectivity index (χ3n) is 7.47. The molecule has 2 aliphatic heterocycles. The minimum atomic E-state index is -4.86. The molecule has 5 atom stereocenters. The van der Waals surface area contributed by atoms with Crippen LogP contribution in [0.3, 0.4) is 0 Å². The van der Waals surface area contributed by atoms with Gasteiger partial charge in [-0.1, -0.05) is 13.0 Å². The molecule has 0 radical (unpaired) electrons. The number of carbonyl (C=O) groups excluding carboxylic acids is 1. The number of pyridine rings is 1. The van der Waals surface area contributed by atoms with Crippen molar-refractivity contribution >= 4 is 17.4 Å². The van der Waals surface area contributed by atoms with Gasteiger partial charge in [0.05, 0.1) is 19.8 Å². The van der Waals surface area contributed by atoms with Gasteiger partial charge in [-0.05, 0) is 31.9 Å². The Labute approximate surface area is 210 Å². The zero-order valence-electron chi connectivity index (χ0n) is 20.5. The van der Waals surface area contributed by atoms with Gasteiger partial charge >= 0.3 is 6.18 Å². The molecule has 0 aliphatic carbocycles. The number of hydrogen-bond donors (Lipinski definition) is 2. The lowest BCUT2D eigenvalue weighted by Gasteiger charge is -2.32. The molecule has 0 unspecified atom stereocenters. The number of anilines is 2. The fraction of sp³-hybridized carbons (Fsp3) is 0.520. The number of aliphatic hydroxyl groups is 1. The van der Waals surface area contributed by atoms with Crippen molar-refractivity contribution in [3.63, 3.8) is 0 Å². The van der Waals surface area contributed by atoms with Gasteiger partial charge in [-0.15, -0.1) is 0 Å². The summed E-state index contributed by atoms with van der Waals surface area (Å²) in [6.07, 6.45) is -3.49. The van der Waals surface area contributed by atoms with Crippen LogP contribution in [0.25, 0.3) is 0 Å². The average molecular weight is 530 g/mol. The van der Waals surface area contributed by atoms with Crippen molar-refractivity contribution in [2.45, 2.75) is 56.5 Å². The van der Waals surface area contributed by atoms with Crippen LogP contribution in [0.1, 0.15) is 38.2 Å². The third-order valence-corrected chi connectivity index (χ3v) is 7.47. The Morgan fingerprint density at radius 3 is 2.70 bits per heavy atom. The van der Waals surface area contributed by atoms with Crippen molar-refractivity contribution in [1.29, 1.82) is 0 Å². The van der Waals surface area contributed by atoms with Crippen LogP contribution in [0.15, 0.2) is 30.5 Å². The maximum Gasteiger partial charge on any atom is 0.417 e. The molecule has 37 heavy (non-hydrogen) atoms. The standard InChI is InChI=1S/C25H28F5N3O4/c1-13-19(16-6-7-17(26)20(27)21(16)36-3)22(37-24(13,2)25(28,29)30)23(35)32-14-8-9-31-18(11-14)33-10-4-5-15(33)12-34/h6-9,11,13,15,19,22,34H,4-5,10,12H2,1-3H3,(H,31,32,35)/t13-,15+,19-,22+,24+/m0/s1. The minimum absolute atomic E-state index is 0.0696. The van der Waals surface area contributed by atoms with Gasteiger partial charge in [0.1, 0.15) is 11.9 Å². The molecule has 1 aromatic heterocycles. The summed E-state index contributed by atoms with van der Waals surface area (Å²) in [5.74, 6) is -6.25. The summed E-state index contributed by atoms with van der Waals surface area (Å²) in [5.41, 5.74) is -2.60. The molecule has 3 heterocycles. The summed E-state index contributed by atoms with van der Waals surface area (Å²) in [4.78, 5) is 19.6. The van der Waals surface area contributed by atoms with Gasteiger partial charge in [0.15, 0.2) is 17.2 Å². The van der Waals surface area contributed by atoms with Crippen molar-refractivity contribution < 1.29 is 41.3 Å². The van der Waals surface area contributed by atoms with Crippen LogP contribution in [-0.4, -0.2) is 60.2 Å². The lowest BCUT2D eigenvalue weighted by molar-refractivity contribution is -0.272. The number of benzene rings is 1. The van der Waals surface area contributed by atoms with E-state index in [1.807, 2.05) is 4.90 Å². The van der Waals surface area contributed by atoms with Crippen molar-refractivity contribution in [2.75, 3.05) is 30.5 Å². The van der Waals surface area contributed by atoms with Crippen molar-refractivity contribution in [3.05, 3.63) is 47.7 Å². The number of halogens is 5. The summed E-state index contributed by atoms with van der Waals surface area (Å²) in [6, 6.07) is 4.79. The quantitative estimate of drug-likeness (QED) is 0.540. The first kappa shape index (κ1) is 27.1. The number of amides is 1. The Bertz CT molecular complexity index is 1160. The van der Waals surface area contributed by atoms with E-state index in [1.165, 1.54) is 19.2 Å². The zero-order chi connectivity index (χ0) is 27.1. The number of nitrogens with one attached hydrogen (secondary N) is 1. The summed E-state index contributed by atoms with van der Waals surface area (Å²) >= 11 is 0. The molecule has 2 fully saturated rings. The summed E-state index contributed by atoms with van der Waals surface area (Å²) in [5, 5.41) is 12.2. The number of nitrogens with zero attached hydrogens (tertiary/aromatic N) is 2. The molecule has 0 saturated carbocycles. The monoisotopic (exact) mass is 529 g/mol. The topological polar surface area (TPSA) is 83.9 Å². The first-order valence-electron chi connectivity index (χ1n) is 11.8. The maximum atomic E-state index is 14.5. The highest BCUT2D eigenvalue weighted by Crippen LogP contribution is 2.55. The fourth-order valence-electron chi connectivity index (χ4n) is 5.23. The molecule has 2 aromatic rings. The fourth-order valence-corrected chi connectivity index (χ4v) is 5.23. The van der Waals surface area contributed by atoms with E-state index in [1.54, 1.807) is 6.07 Å². The Hall–Kier alpha value is -2.99. The summed E-state index contributed by atoms with van der Waals surface area (Å²) in [7, 11) is 1.07. The van der Waals surface area contributed by atoms with E-state index in [0.29, 0.717) is 12.4 Å². The zero-order valence-corrected chi connectivity index (χ0v) is 20.5. The van der Waals surface area contributed by atoms with E-state index in [0.717, 1.165) is 39.0 Å². The Morgan fingerprint density at radius 1 is 1.32 bits per heavy atom. The molecule has 7 nitrogen and oxygen atoms in total. The van der Waals surface area contributed by atoms with E-state index in [9.17, 15) is 31.9 Å². The normalized spacial score (nSPS) is 28.0. The Balaban J connectivity index is 1.69. The van der Waals surface area contributed by atoms with Crippen LogP contribution < -0.4 is 15.0 Å². The molecular formula is C25H28F5N3O4. The molecule has 1 amide bonds. The Kier molecular flexibility index (Phi) is 7.35. The number of methoxy groups -OCH3 is 1. The molecule has 0 bridgehead atoms. The predicted molar refractivity (Wildman–Crippen MR) is 124 cm³/mol. The van der Waals surface area contributed by atoms with Crippen LogP contribution in [-0.2, 0) is 9.53 Å². The largest absolute Gasteiger partial charge is 0.493 e. The Morgan fingerprint density at radius 2 is 2.05 bits per heavy atom. The molecular weight excluding hydrogens is 501 g/mol. The van der Waals surface area contributed by atoms with Gasteiger partial charge in [0.2, 0.25) is 5.82 Å². The number of aliphatic hydroxyl groups excluding tert-OH is 1. The smallest absolute Gasteiger partial charge is 0.417 e. The first-order chi connectivity index (χ1) is 17.4. The second-order valence-corrected chi connectivity index (χ2v) is 9.51. The molecule has 2 saturated heterocycles. The van der Waals surface area contributed by atoms with Crippen LogP contribution in [0.5, 0.6) is 5.75 Å². The van der Waals surface area contributed by atoms with Crippen LogP contribution in [0.2, 0.25) is 0 Å². The van der Waals surface area contributed by atoms with Gasteiger partial charge in [-0.25, -0.2) is 9.37 Å².